The largest absolute Gasteiger partial charge is 0.433 e. The lowest BCUT2D eigenvalue weighted by Gasteiger charge is -2.33. The van der Waals surface area contributed by atoms with Crippen LogP contribution < -0.4 is 4.90 Å². The van der Waals surface area contributed by atoms with Gasteiger partial charge in [0.15, 0.2) is 5.60 Å². The lowest BCUT2D eigenvalue weighted by molar-refractivity contribution is -0.143. The number of benzene rings is 2. The molecule has 44 heavy (non-hydrogen) atoms. The Morgan fingerprint density at radius 2 is 1.48 bits per heavy atom. The molecular formula is C28H27F7N4O5. The van der Waals surface area contributed by atoms with Gasteiger partial charge in [0, 0.05) is 38.8 Å². The van der Waals surface area contributed by atoms with Gasteiger partial charge < -0.3 is 14.5 Å². The second kappa shape index (κ2) is 11.3. The minimum atomic E-state index is -5.13. The smallest absolute Gasteiger partial charge is 0.418 e. The van der Waals surface area contributed by atoms with Gasteiger partial charge in [0.25, 0.3) is 5.91 Å². The number of ether oxygens (including phenoxy) is 1. The summed E-state index contributed by atoms with van der Waals surface area (Å²) in [5, 5.41) is 0. The molecule has 0 unspecified atom stereocenters. The molecule has 0 radical (unpaired) electrons. The zero-order chi connectivity index (χ0) is 32.9. The Labute approximate surface area is 246 Å². The van der Waals surface area contributed by atoms with Crippen molar-refractivity contribution < 1.29 is 54.6 Å². The van der Waals surface area contributed by atoms with Crippen molar-refractivity contribution >= 4 is 29.6 Å². The molecule has 5 amide bonds. The first-order chi connectivity index (χ1) is 20.2. The molecule has 2 fully saturated rings. The zero-order valence-electron chi connectivity index (χ0n) is 23.8. The first kappa shape index (κ1) is 32.5. The Balaban J connectivity index is 1.63. The van der Waals surface area contributed by atoms with Gasteiger partial charge in [-0.05, 0) is 49.7 Å². The fraction of sp³-hybridized carbons (Fsp3) is 0.429. The second-order valence-electron chi connectivity index (χ2n) is 11.0. The normalized spacial score (nSPS) is 20.2. The van der Waals surface area contributed by atoms with E-state index in [4.69, 9.17) is 4.74 Å². The minimum absolute atomic E-state index is 0.0570. The molecule has 2 saturated heterocycles. The van der Waals surface area contributed by atoms with Gasteiger partial charge in [-0.25, -0.2) is 18.9 Å². The van der Waals surface area contributed by atoms with Crippen molar-refractivity contribution in [2.75, 3.05) is 38.6 Å². The number of cyclic esters (lactones) is 1. The Kier molecular flexibility index (Phi) is 8.34. The fourth-order valence-corrected chi connectivity index (χ4v) is 5.14. The molecule has 238 valence electrons. The van der Waals surface area contributed by atoms with Crippen LogP contribution >= 0.6 is 0 Å². The van der Waals surface area contributed by atoms with Crippen LogP contribution in [0.25, 0.3) is 0 Å². The Morgan fingerprint density at radius 3 is 1.95 bits per heavy atom. The number of hydrogen-bond donors (Lipinski definition) is 0. The summed E-state index contributed by atoms with van der Waals surface area (Å²) < 4.78 is 99.2. The number of imide groups is 1. The van der Waals surface area contributed by atoms with Gasteiger partial charge in [0.1, 0.15) is 12.4 Å². The topological polar surface area (TPSA) is 90.5 Å². The average molecular weight is 633 g/mol. The maximum atomic E-state index is 13.7. The average Bonchev–Trinajstić information content (AvgIpc) is 3.46. The molecule has 9 nitrogen and oxygen atoms in total. The summed E-state index contributed by atoms with van der Waals surface area (Å²) in [7, 11) is 2.27. The maximum absolute atomic E-state index is 13.7. The molecule has 2 aromatic carbocycles. The standard InChI is InChI=1S/C28H27F7N4O5/c1-26(2)23(41)39(25(43)44-26)14-22(40)38-12-20(15-5-7-18(29)8-6-15)21(13-38)37(4)24(42)36(3)19-10-16(27(30,31)32)9-17(11-19)28(33,34)35/h5-11,20-21H,12-14H2,1-4H3/t20-,21+/m0/s1. The van der Waals surface area contributed by atoms with E-state index in [9.17, 15) is 49.9 Å². The van der Waals surface area contributed by atoms with E-state index in [1.54, 1.807) is 0 Å². The molecule has 16 heteroatoms. The number of alkyl halides is 6. The number of anilines is 1. The highest BCUT2D eigenvalue weighted by molar-refractivity contribution is 6.04. The molecule has 0 spiro atoms. The number of urea groups is 1. The number of halogens is 7. The number of carbonyl (C=O) groups excluding carboxylic acids is 4. The Bertz CT molecular complexity index is 1440. The highest BCUT2D eigenvalue weighted by atomic mass is 19.4. The molecular weight excluding hydrogens is 605 g/mol. The zero-order valence-corrected chi connectivity index (χ0v) is 23.8. The van der Waals surface area contributed by atoms with Crippen LogP contribution in [-0.2, 0) is 26.7 Å². The van der Waals surface area contributed by atoms with Crippen LogP contribution in [0.3, 0.4) is 0 Å². The predicted octanol–water partition coefficient (Wildman–Crippen LogP) is 5.10. The first-order valence-electron chi connectivity index (χ1n) is 13.1. The molecule has 0 bridgehead atoms. The van der Waals surface area contributed by atoms with Crippen LogP contribution in [0.2, 0.25) is 0 Å². The molecule has 2 aliphatic heterocycles. The second-order valence-corrected chi connectivity index (χ2v) is 11.0. The summed E-state index contributed by atoms with van der Waals surface area (Å²) in [4.78, 5) is 55.0. The van der Waals surface area contributed by atoms with Crippen LogP contribution in [0.15, 0.2) is 42.5 Å². The van der Waals surface area contributed by atoms with Crippen LogP contribution in [-0.4, -0.2) is 84.0 Å². The van der Waals surface area contributed by atoms with Gasteiger partial charge in [0.2, 0.25) is 5.91 Å². The number of likely N-dealkylation sites (N-methyl/N-ethyl adjacent to an activating group) is 1. The summed E-state index contributed by atoms with van der Waals surface area (Å²) in [6, 6.07) is 3.99. The molecule has 0 N–H and O–H groups in total. The predicted molar refractivity (Wildman–Crippen MR) is 140 cm³/mol. The van der Waals surface area contributed by atoms with Crippen molar-refractivity contribution in [1.82, 2.24) is 14.7 Å². The number of amides is 5. The summed E-state index contributed by atoms with van der Waals surface area (Å²) in [6.45, 7) is 1.78. The number of carbonyl (C=O) groups is 4. The Hall–Kier alpha value is -4.37. The quantitative estimate of drug-likeness (QED) is 0.428. The van der Waals surface area contributed by atoms with Crippen molar-refractivity contribution in [3.8, 4) is 0 Å². The van der Waals surface area contributed by atoms with Gasteiger partial charge in [0.05, 0.1) is 17.2 Å². The van der Waals surface area contributed by atoms with Gasteiger partial charge in [-0.15, -0.1) is 0 Å². The molecule has 4 rings (SSSR count). The van der Waals surface area contributed by atoms with Gasteiger partial charge in [-0.3, -0.25) is 14.5 Å². The van der Waals surface area contributed by atoms with E-state index in [-0.39, 0.29) is 19.2 Å². The van der Waals surface area contributed by atoms with Crippen molar-refractivity contribution in [3.05, 3.63) is 65.0 Å². The third kappa shape index (κ3) is 6.43. The van der Waals surface area contributed by atoms with Crippen LogP contribution in [0, 0.1) is 5.82 Å². The van der Waals surface area contributed by atoms with E-state index in [1.165, 1.54) is 37.9 Å². The SMILES string of the molecule is CN(C(=O)N(C)[C@@H]1CN(C(=O)CN2C(=O)OC(C)(C)C2=O)C[C@H]1c1ccc(F)cc1)c1cc(C(F)(F)F)cc(C(F)(F)F)c1. The third-order valence-electron chi connectivity index (χ3n) is 7.60. The lowest BCUT2D eigenvalue weighted by atomic mass is 9.93. The maximum Gasteiger partial charge on any atom is 0.418 e. The molecule has 2 aromatic rings. The van der Waals surface area contributed by atoms with Gasteiger partial charge >= 0.3 is 24.5 Å². The van der Waals surface area contributed by atoms with Crippen molar-refractivity contribution in [2.24, 2.45) is 0 Å². The summed E-state index contributed by atoms with van der Waals surface area (Å²) in [6.07, 6.45) is -11.3. The number of nitrogens with zero attached hydrogens (tertiary/aromatic N) is 4. The van der Waals surface area contributed by atoms with E-state index in [0.29, 0.717) is 27.5 Å². The van der Waals surface area contributed by atoms with Crippen LogP contribution in [0.4, 0.5) is 46.0 Å². The van der Waals surface area contributed by atoms with Crippen LogP contribution in [0.5, 0.6) is 0 Å². The third-order valence-corrected chi connectivity index (χ3v) is 7.60. The number of rotatable bonds is 5. The molecule has 2 heterocycles. The van der Waals surface area contributed by atoms with Crippen molar-refractivity contribution in [1.29, 1.82) is 0 Å². The highest BCUT2D eigenvalue weighted by Gasteiger charge is 2.49. The van der Waals surface area contributed by atoms with E-state index < -0.39 is 83.0 Å². The van der Waals surface area contributed by atoms with Crippen molar-refractivity contribution in [2.45, 2.75) is 43.8 Å². The van der Waals surface area contributed by atoms with E-state index >= 15 is 0 Å². The van der Waals surface area contributed by atoms with E-state index in [2.05, 4.69) is 0 Å². The molecule has 2 aliphatic rings. The van der Waals surface area contributed by atoms with Crippen LogP contribution in [0.1, 0.15) is 36.5 Å². The van der Waals surface area contributed by atoms with E-state index in [0.717, 1.165) is 24.1 Å². The van der Waals surface area contributed by atoms with Gasteiger partial charge in [-0.2, -0.15) is 26.3 Å². The lowest BCUT2D eigenvalue weighted by Crippen LogP contribution is -2.48. The molecule has 2 atom stereocenters. The molecule has 0 aliphatic carbocycles. The number of hydrogen-bond acceptors (Lipinski definition) is 5. The molecule has 0 aromatic heterocycles. The summed E-state index contributed by atoms with van der Waals surface area (Å²) in [5.41, 5.74) is -4.89. The molecule has 0 saturated carbocycles. The minimum Gasteiger partial charge on any atom is -0.433 e. The first-order valence-corrected chi connectivity index (χ1v) is 13.1. The summed E-state index contributed by atoms with van der Waals surface area (Å²) >= 11 is 0. The fourth-order valence-electron chi connectivity index (χ4n) is 5.14. The number of likely N-dealkylation sites (tertiary alicyclic amines) is 1. The highest BCUT2D eigenvalue weighted by Crippen LogP contribution is 2.39. The van der Waals surface area contributed by atoms with Crippen molar-refractivity contribution in [3.63, 3.8) is 0 Å². The summed E-state index contributed by atoms with van der Waals surface area (Å²) in [5.74, 6) is -2.69. The monoisotopic (exact) mass is 632 g/mol. The Morgan fingerprint density at radius 1 is 0.932 bits per heavy atom. The van der Waals surface area contributed by atoms with Gasteiger partial charge in [-0.1, -0.05) is 12.1 Å². The van der Waals surface area contributed by atoms with E-state index in [1.807, 2.05) is 0 Å².